The number of carbonyl (C=O) groups is 3. The van der Waals surface area contributed by atoms with Crippen LogP contribution in [0.25, 0.3) is 0 Å². The molecule has 176 valence electrons. The summed E-state index contributed by atoms with van der Waals surface area (Å²) in [6, 6.07) is 13.2. The van der Waals surface area contributed by atoms with Crippen molar-refractivity contribution in [2.75, 3.05) is 11.9 Å². The minimum Gasteiger partial charge on any atom is -0.494 e. The lowest BCUT2D eigenvalue weighted by atomic mass is 10.1. The first-order chi connectivity index (χ1) is 15.8. The minimum absolute atomic E-state index is 0.0472. The molecule has 2 rings (SSSR count). The summed E-state index contributed by atoms with van der Waals surface area (Å²) in [5.41, 5.74) is 6.30. The van der Waals surface area contributed by atoms with Gasteiger partial charge in [-0.05, 0) is 79.5 Å². The largest absolute Gasteiger partial charge is 0.494 e. The van der Waals surface area contributed by atoms with Crippen molar-refractivity contribution in [1.82, 2.24) is 16.2 Å². The smallest absolute Gasteiger partial charge is 0.269 e. The Morgan fingerprint density at radius 3 is 2.12 bits per heavy atom. The third-order valence-electron chi connectivity index (χ3n) is 4.50. The average Bonchev–Trinajstić information content (AvgIpc) is 2.78. The molecular formula is C24H30N4O4S. The molecule has 8 nitrogen and oxygen atoms in total. The molecule has 4 N–H and O–H groups in total. The maximum Gasteiger partial charge on any atom is 0.269 e. The Labute approximate surface area is 199 Å². The number of thiocarbonyl (C=S) groups is 1. The summed E-state index contributed by atoms with van der Waals surface area (Å²) >= 11 is 5.07. The van der Waals surface area contributed by atoms with E-state index in [1.807, 2.05) is 6.92 Å². The first-order valence-corrected chi connectivity index (χ1v) is 11.2. The second-order valence-electron chi connectivity index (χ2n) is 7.79. The number of hydrogen-bond acceptors (Lipinski definition) is 5. The molecule has 33 heavy (non-hydrogen) atoms. The number of nitrogens with one attached hydrogen (secondary N) is 4. The monoisotopic (exact) mass is 470 g/mol. The van der Waals surface area contributed by atoms with Crippen LogP contribution in [-0.4, -0.2) is 29.4 Å². The predicted molar refractivity (Wildman–Crippen MR) is 132 cm³/mol. The summed E-state index contributed by atoms with van der Waals surface area (Å²) in [4.78, 5) is 36.2. The molecule has 0 aliphatic rings. The van der Waals surface area contributed by atoms with Crippen molar-refractivity contribution in [2.45, 2.75) is 40.0 Å². The fraction of sp³-hybridized carbons (Fsp3) is 0.333. The SMILES string of the molecule is CCCC(=O)Nc1ccc(C(=O)NNC(=S)NC(=O)c2ccc(OCCC(C)C)cc2)cc1. The van der Waals surface area contributed by atoms with E-state index < -0.39 is 11.8 Å². The van der Waals surface area contributed by atoms with E-state index in [1.165, 1.54) is 0 Å². The van der Waals surface area contributed by atoms with E-state index >= 15 is 0 Å². The third-order valence-corrected chi connectivity index (χ3v) is 4.71. The quantitative estimate of drug-likeness (QED) is 0.328. The minimum atomic E-state index is -0.444. The number of anilines is 1. The second-order valence-corrected chi connectivity index (χ2v) is 8.20. The summed E-state index contributed by atoms with van der Waals surface area (Å²) in [6.07, 6.45) is 2.14. The number of ether oxygens (including phenoxy) is 1. The van der Waals surface area contributed by atoms with Crippen LogP contribution in [0.15, 0.2) is 48.5 Å². The van der Waals surface area contributed by atoms with Crippen LogP contribution in [0.3, 0.4) is 0 Å². The van der Waals surface area contributed by atoms with Crippen molar-refractivity contribution >= 4 is 40.7 Å². The maximum atomic E-state index is 12.3. The van der Waals surface area contributed by atoms with Crippen LogP contribution in [0.2, 0.25) is 0 Å². The molecule has 0 aliphatic carbocycles. The van der Waals surface area contributed by atoms with Crippen LogP contribution < -0.4 is 26.2 Å². The van der Waals surface area contributed by atoms with Crippen LogP contribution >= 0.6 is 12.2 Å². The highest BCUT2D eigenvalue weighted by Gasteiger charge is 2.10. The van der Waals surface area contributed by atoms with Gasteiger partial charge in [-0.25, -0.2) is 0 Å². The number of carbonyl (C=O) groups excluding carboxylic acids is 3. The number of hydrogen-bond donors (Lipinski definition) is 4. The number of amides is 3. The fourth-order valence-corrected chi connectivity index (χ4v) is 2.81. The fourth-order valence-electron chi connectivity index (χ4n) is 2.66. The summed E-state index contributed by atoms with van der Waals surface area (Å²) in [7, 11) is 0. The normalized spacial score (nSPS) is 10.3. The summed E-state index contributed by atoms with van der Waals surface area (Å²) < 4.78 is 5.64. The van der Waals surface area contributed by atoms with Gasteiger partial charge in [-0.15, -0.1) is 0 Å². The Balaban J connectivity index is 1.78. The second kappa shape index (κ2) is 13.2. The first kappa shape index (κ1) is 25.8. The van der Waals surface area contributed by atoms with E-state index in [9.17, 15) is 14.4 Å². The molecule has 0 spiro atoms. The summed E-state index contributed by atoms with van der Waals surface area (Å²) in [6.45, 7) is 6.80. The Hall–Kier alpha value is -3.46. The topological polar surface area (TPSA) is 109 Å². The zero-order valence-electron chi connectivity index (χ0n) is 19.1. The standard InChI is InChI=1S/C24H30N4O4S/c1-4-5-21(29)25-19-10-6-18(7-11-19)23(31)27-28-24(33)26-22(30)17-8-12-20(13-9-17)32-15-14-16(2)3/h6-13,16H,4-5,14-15H2,1-3H3,(H,25,29)(H,27,31)(H2,26,28,30,33). The number of hydrazine groups is 1. The number of rotatable bonds is 9. The van der Waals surface area contributed by atoms with Gasteiger partial charge in [0.15, 0.2) is 5.11 Å². The summed E-state index contributed by atoms with van der Waals surface area (Å²) in [5.74, 6) is 0.312. The van der Waals surface area contributed by atoms with Crippen LogP contribution in [0.1, 0.15) is 60.7 Å². The highest BCUT2D eigenvalue weighted by Crippen LogP contribution is 2.13. The molecule has 0 bridgehead atoms. The van der Waals surface area contributed by atoms with Gasteiger partial charge >= 0.3 is 0 Å². The van der Waals surface area contributed by atoms with Crippen molar-refractivity contribution < 1.29 is 19.1 Å². The molecule has 0 heterocycles. The van der Waals surface area contributed by atoms with Crippen molar-refractivity contribution in [3.63, 3.8) is 0 Å². The van der Waals surface area contributed by atoms with Crippen molar-refractivity contribution in [2.24, 2.45) is 5.92 Å². The molecule has 2 aromatic rings. The molecular weight excluding hydrogens is 440 g/mol. The molecule has 0 atom stereocenters. The van der Waals surface area contributed by atoms with Crippen molar-refractivity contribution in [1.29, 1.82) is 0 Å². The molecule has 0 aromatic heterocycles. The van der Waals surface area contributed by atoms with Gasteiger partial charge in [0.25, 0.3) is 11.8 Å². The predicted octanol–water partition coefficient (Wildman–Crippen LogP) is 3.80. The van der Waals surface area contributed by atoms with Gasteiger partial charge in [0, 0.05) is 23.2 Å². The Kier molecular flexibility index (Phi) is 10.3. The Morgan fingerprint density at radius 1 is 0.909 bits per heavy atom. The van der Waals surface area contributed by atoms with Crippen molar-refractivity contribution in [3.05, 3.63) is 59.7 Å². The lowest BCUT2D eigenvalue weighted by Crippen LogP contribution is -2.48. The first-order valence-electron chi connectivity index (χ1n) is 10.8. The molecule has 0 saturated heterocycles. The van der Waals surface area contributed by atoms with Crippen LogP contribution in [-0.2, 0) is 4.79 Å². The van der Waals surface area contributed by atoms with Gasteiger partial charge in [0.1, 0.15) is 5.75 Å². The van der Waals surface area contributed by atoms with Gasteiger partial charge in [0.2, 0.25) is 5.91 Å². The van der Waals surface area contributed by atoms with Gasteiger partial charge in [-0.1, -0.05) is 20.8 Å². The van der Waals surface area contributed by atoms with Gasteiger partial charge in [-0.2, -0.15) is 0 Å². The van der Waals surface area contributed by atoms with E-state index in [4.69, 9.17) is 17.0 Å². The van der Waals surface area contributed by atoms with E-state index in [1.54, 1.807) is 48.5 Å². The molecule has 0 aliphatic heterocycles. The zero-order valence-corrected chi connectivity index (χ0v) is 19.9. The molecule has 9 heteroatoms. The highest BCUT2D eigenvalue weighted by molar-refractivity contribution is 7.80. The molecule has 0 saturated carbocycles. The molecule has 0 radical (unpaired) electrons. The van der Waals surface area contributed by atoms with E-state index in [-0.39, 0.29) is 11.0 Å². The average molecular weight is 471 g/mol. The van der Waals surface area contributed by atoms with Gasteiger partial charge in [0.05, 0.1) is 6.61 Å². The molecule has 0 unspecified atom stereocenters. The lowest BCUT2D eigenvalue weighted by molar-refractivity contribution is -0.116. The number of benzene rings is 2. The summed E-state index contributed by atoms with van der Waals surface area (Å²) in [5, 5.41) is 5.21. The van der Waals surface area contributed by atoms with E-state index in [0.717, 1.165) is 12.8 Å². The highest BCUT2D eigenvalue weighted by atomic mass is 32.1. The Morgan fingerprint density at radius 2 is 1.52 bits per heavy atom. The zero-order chi connectivity index (χ0) is 24.2. The van der Waals surface area contributed by atoms with Crippen LogP contribution in [0, 0.1) is 5.92 Å². The Bertz CT molecular complexity index is 959. The van der Waals surface area contributed by atoms with E-state index in [0.29, 0.717) is 41.5 Å². The maximum absolute atomic E-state index is 12.3. The molecule has 3 amide bonds. The molecule has 0 fully saturated rings. The van der Waals surface area contributed by atoms with Gasteiger partial charge in [-0.3, -0.25) is 30.6 Å². The van der Waals surface area contributed by atoms with Gasteiger partial charge < -0.3 is 10.1 Å². The van der Waals surface area contributed by atoms with Crippen LogP contribution in [0.4, 0.5) is 5.69 Å². The third kappa shape index (κ3) is 9.28. The lowest BCUT2D eigenvalue weighted by Gasteiger charge is -2.12. The van der Waals surface area contributed by atoms with E-state index in [2.05, 4.69) is 35.3 Å². The molecule has 2 aromatic carbocycles. The van der Waals surface area contributed by atoms with Crippen LogP contribution in [0.5, 0.6) is 5.75 Å². The van der Waals surface area contributed by atoms with Crippen molar-refractivity contribution in [3.8, 4) is 5.75 Å².